The summed E-state index contributed by atoms with van der Waals surface area (Å²) in [7, 11) is 1.59. The third-order valence-corrected chi connectivity index (χ3v) is 3.43. The third-order valence-electron chi connectivity index (χ3n) is 3.43. The second-order valence-corrected chi connectivity index (χ2v) is 5.20. The molecule has 0 aliphatic rings. The minimum absolute atomic E-state index is 0.435. The molecular formula is C18H20O4. The summed E-state index contributed by atoms with van der Waals surface area (Å²) in [6.45, 7) is 2.13. The smallest absolute Gasteiger partial charge is 0.306 e. The molecule has 1 unspecified atom stereocenters. The van der Waals surface area contributed by atoms with E-state index in [1.54, 1.807) is 14.0 Å². The number of aliphatic carboxylic acids is 1. The van der Waals surface area contributed by atoms with E-state index in [4.69, 9.17) is 14.6 Å². The number of benzene rings is 2. The Morgan fingerprint density at radius 2 is 1.82 bits per heavy atom. The van der Waals surface area contributed by atoms with Gasteiger partial charge >= 0.3 is 5.97 Å². The minimum Gasteiger partial charge on any atom is -0.493 e. The second-order valence-electron chi connectivity index (χ2n) is 5.20. The molecular weight excluding hydrogens is 280 g/mol. The Kier molecular flexibility index (Phi) is 5.42. The summed E-state index contributed by atoms with van der Waals surface area (Å²) in [5.41, 5.74) is 1.98. The van der Waals surface area contributed by atoms with E-state index in [2.05, 4.69) is 0 Å². The van der Waals surface area contributed by atoms with Gasteiger partial charge in [0, 0.05) is 0 Å². The second kappa shape index (κ2) is 7.50. The molecule has 2 rings (SSSR count). The number of hydrogen-bond acceptors (Lipinski definition) is 3. The molecule has 2 aromatic carbocycles. The molecule has 4 heteroatoms. The van der Waals surface area contributed by atoms with Crippen molar-refractivity contribution in [3.05, 3.63) is 59.7 Å². The fourth-order valence-corrected chi connectivity index (χ4v) is 2.14. The fraction of sp³-hybridized carbons (Fsp3) is 0.278. The first kappa shape index (κ1) is 15.9. The summed E-state index contributed by atoms with van der Waals surface area (Å²) in [6.07, 6.45) is 0.459. The zero-order chi connectivity index (χ0) is 15.9. The van der Waals surface area contributed by atoms with Crippen LogP contribution in [0.15, 0.2) is 48.5 Å². The largest absolute Gasteiger partial charge is 0.493 e. The van der Waals surface area contributed by atoms with Crippen LogP contribution < -0.4 is 9.47 Å². The van der Waals surface area contributed by atoms with Gasteiger partial charge < -0.3 is 14.6 Å². The van der Waals surface area contributed by atoms with E-state index in [1.165, 1.54) is 0 Å². The molecule has 0 bridgehead atoms. The molecule has 22 heavy (non-hydrogen) atoms. The van der Waals surface area contributed by atoms with Gasteiger partial charge in [-0.3, -0.25) is 4.79 Å². The zero-order valence-electron chi connectivity index (χ0n) is 12.8. The Hall–Kier alpha value is -2.49. The molecule has 0 radical (unpaired) electrons. The molecule has 0 aromatic heterocycles. The van der Waals surface area contributed by atoms with Gasteiger partial charge in [-0.25, -0.2) is 0 Å². The molecule has 4 nitrogen and oxygen atoms in total. The van der Waals surface area contributed by atoms with Gasteiger partial charge in [0.15, 0.2) is 11.5 Å². The molecule has 0 aliphatic heterocycles. The molecule has 0 amide bonds. The molecule has 1 N–H and O–H groups in total. The lowest BCUT2D eigenvalue weighted by Gasteiger charge is -2.13. The molecule has 0 spiro atoms. The summed E-state index contributed by atoms with van der Waals surface area (Å²) >= 11 is 0. The van der Waals surface area contributed by atoms with Crippen LogP contribution in [0.25, 0.3) is 0 Å². The van der Waals surface area contributed by atoms with Crippen LogP contribution in [-0.4, -0.2) is 18.2 Å². The van der Waals surface area contributed by atoms with Gasteiger partial charge in [-0.2, -0.15) is 0 Å². The van der Waals surface area contributed by atoms with E-state index < -0.39 is 11.9 Å². The van der Waals surface area contributed by atoms with Crippen molar-refractivity contribution in [3.63, 3.8) is 0 Å². The van der Waals surface area contributed by atoms with E-state index in [9.17, 15) is 4.79 Å². The Morgan fingerprint density at radius 3 is 2.45 bits per heavy atom. The van der Waals surface area contributed by atoms with Crippen LogP contribution in [0.1, 0.15) is 18.1 Å². The highest BCUT2D eigenvalue weighted by Gasteiger charge is 2.13. The maximum Gasteiger partial charge on any atom is 0.306 e. The fourth-order valence-electron chi connectivity index (χ4n) is 2.14. The average molecular weight is 300 g/mol. The van der Waals surface area contributed by atoms with E-state index in [1.807, 2.05) is 48.5 Å². The van der Waals surface area contributed by atoms with Gasteiger partial charge in [0.05, 0.1) is 13.0 Å². The number of carboxylic acids is 1. The highest BCUT2D eigenvalue weighted by Crippen LogP contribution is 2.29. The number of hydrogen-bond donors (Lipinski definition) is 1. The first-order valence-electron chi connectivity index (χ1n) is 7.16. The van der Waals surface area contributed by atoms with Crippen LogP contribution in [0.2, 0.25) is 0 Å². The maximum atomic E-state index is 11.0. The lowest BCUT2D eigenvalue weighted by molar-refractivity contribution is -0.141. The summed E-state index contributed by atoms with van der Waals surface area (Å²) < 4.78 is 11.1. The van der Waals surface area contributed by atoms with Crippen LogP contribution in [-0.2, 0) is 17.8 Å². The lowest BCUT2D eigenvalue weighted by atomic mass is 10.0. The van der Waals surface area contributed by atoms with Gasteiger partial charge in [-0.1, -0.05) is 43.3 Å². The Morgan fingerprint density at radius 1 is 1.09 bits per heavy atom. The van der Waals surface area contributed by atoms with Crippen molar-refractivity contribution in [1.29, 1.82) is 0 Å². The van der Waals surface area contributed by atoms with E-state index in [0.29, 0.717) is 24.5 Å². The standard InChI is InChI=1S/C18H20O4/c1-13(18(19)20)10-15-8-9-16(21-2)17(11-15)22-12-14-6-4-3-5-7-14/h3-9,11,13H,10,12H2,1-2H3,(H,19,20). The molecule has 2 aromatic rings. The van der Waals surface area contributed by atoms with Crippen molar-refractivity contribution in [3.8, 4) is 11.5 Å². The Labute approximate surface area is 130 Å². The summed E-state index contributed by atoms with van der Waals surface area (Å²) in [5.74, 6) is 0.0297. The summed E-state index contributed by atoms with van der Waals surface area (Å²) in [4.78, 5) is 11.0. The highest BCUT2D eigenvalue weighted by molar-refractivity contribution is 5.70. The van der Waals surface area contributed by atoms with Gasteiger partial charge in [0.25, 0.3) is 0 Å². The van der Waals surface area contributed by atoms with Crippen molar-refractivity contribution >= 4 is 5.97 Å². The molecule has 0 heterocycles. The van der Waals surface area contributed by atoms with Crippen LogP contribution >= 0.6 is 0 Å². The molecule has 0 saturated heterocycles. The monoisotopic (exact) mass is 300 g/mol. The number of carboxylic acid groups (broad SMARTS) is 1. The first-order valence-corrected chi connectivity index (χ1v) is 7.16. The number of methoxy groups -OCH3 is 1. The van der Waals surface area contributed by atoms with E-state index in [0.717, 1.165) is 11.1 Å². The number of ether oxygens (including phenoxy) is 2. The van der Waals surface area contributed by atoms with Crippen molar-refractivity contribution < 1.29 is 19.4 Å². The number of rotatable bonds is 7. The van der Waals surface area contributed by atoms with Crippen LogP contribution in [0.5, 0.6) is 11.5 Å². The minimum atomic E-state index is -0.803. The van der Waals surface area contributed by atoms with Gasteiger partial charge in [0.1, 0.15) is 6.61 Å². The Balaban J connectivity index is 2.12. The quantitative estimate of drug-likeness (QED) is 0.849. The first-order chi connectivity index (χ1) is 10.6. The normalized spacial score (nSPS) is 11.7. The summed E-state index contributed by atoms with van der Waals surface area (Å²) in [5, 5.41) is 9.01. The SMILES string of the molecule is COc1ccc(CC(C)C(=O)O)cc1OCc1ccccc1. The molecule has 0 saturated carbocycles. The maximum absolute atomic E-state index is 11.0. The molecule has 116 valence electrons. The van der Waals surface area contributed by atoms with Crippen molar-refractivity contribution in [2.24, 2.45) is 5.92 Å². The van der Waals surface area contributed by atoms with Crippen molar-refractivity contribution in [1.82, 2.24) is 0 Å². The lowest BCUT2D eigenvalue weighted by Crippen LogP contribution is -2.12. The summed E-state index contributed by atoms with van der Waals surface area (Å²) in [6, 6.07) is 15.4. The van der Waals surface area contributed by atoms with Crippen LogP contribution in [0.4, 0.5) is 0 Å². The third kappa shape index (κ3) is 4.25. The average Bonchev–Trinajstić information content (AvgIpc) is 2.54. The van der Waals surface area contributed by atoms with E-state index in [-0.39, 0.29) is 0 Å². The predicted octanol–water partition coefficient (Wildman–Crippen LogP) is 3.54. The van der Waals surface area contributed by atoms with Gasteiger partial charge in [0.2, 0.25) is 0 Å². The van der Waals surface area contributed by atoms with Gasteiger partial charge in [-0.15, -0.1) is 0 Å². The highest BCUT2D eigenvalue weighted by atomic mass is 16.5. The topological polar surface area (TPSA) is 55.8 Å². The van der Waals surface area contributed by atoms with Crippen molar-refractivity contribution in [2.75, 3.05) is 7.11 Å². The number of carbonyl (C=O) groups is 1. The van der Waals surface area contributed by atoms with Crippen LogP contribution in [0.3, 0.4) is 0 Å². The predicted molar refractivity (Wildman–Crippen MR) is 84.3 cm³/mol. The van der Waals surface area contributed by atoms with E-state index >= 15 is 0 Å². The van der Waals surface area contributed by atoms with Gasteiger partial charge in [-0.05, 0) is 29.7 Å². The molecule has 0 aliphatic carbocycles. The Bertz CT molecular complexity index is 622. The molecule has 0 fully saturated rings. The zero-order valence-corrected chi connectivity index (χ0v) is 12.8. The van der Waals surface area contributed by atoms with Crippen LogP contribution in [0, 0.1) is 5.92 Å². The molecule has 1 atom stereocenters. The van der Waals surface area contributed by atoms with Crippen molar-refractivity contribution in [2.45, 2.75) is 20.0 Å².